The molecule has 1 aliphatic carbocycles. The Balaban J connectivity index is 2.13. The zero-order valence-electron chi connectivity index (χ0n) is 11.8. The van der Waals surface area contributed by atoms with Crippen LogP contribution >= 0.6 is 11.8 Å². The van der Waals surface area contributed by atoms with Gasteiger partial charge in [-0.3, -0.25) is 10.1 Å². The van der Waals surface area contributed by atoms with Crippen molar-refractivity contribution >= 4 is 17.7 Å². The number of nitrogens with one attached hydrogen (secondary N) is 1. The molecule has 1 heterocycles. The summed E-state index contributed by atoms with van der Waals surface area (Å²) >= 11 is 1.85. The molecule has 4 heteroatoms. The Bertz CT molecular complexity index is 292. The molecule has 2 aliphatic rings. The zero-order valence-corrected chi connectivity index (χ0v) is 12.6. The van der Waals surface area contributed by atoms with E-state index in [2.05, 4.69) is 23.4 Å². The Morgan fingerprint density at radius 2 is 2.11 bits per heavy atom. The lowest BCUT2D eigenvalue weighted by molar-refractivity contribution is -0.132. The maximum absolute atomic E-state index is 12.4. The lowest BCUT2D eigenvalue weighted by Crippen LogP contribution is -2.48. The summed E-state index contributed by atoms with van der Waals surface area (Å²) in [5.74, 6) is 2.04. The van der Waals surface area contributed by atoms with Gasteiger partial charge in [0.25, 0.3) is 0 Å². The normalized spacial score (nSPS) is 31.3. The summed E-state index contributed by atoms with van der Waals surface area (Å²) < 4.78 is 0. The van der Waals surface area contributed by atoms with Gasteiger partial charge >= 0.3 is 0 Å². The van der Waals surface area contributed by atoms with Crippen molar-refractivity contribution in [1.82, 2.24) is 10.2 Å². The molecule has 0 spiro atoms. The van der Waals surface area contributed by atoms with Crippen LogP contribution in [0.1, 0.15) is 46.0 Å². The molecule has 104 valence electrons. The van der Waals surface area contributed by atoms with Crippen LogP contribution in [0.2, 0.25) is 0 Å². The van der Waals surface area contributed by atoms with Gasteiger partial charge in [-0.2, -0.15) is 11.8 Å². The Morgan fingerprint density at radius 1 is 1.44 bits per heavy atom. The fraction of sp³-hybridized carbons (Fsp3) is 0.929. The van der Waals surface area contributed by atoms with Crippen LogP contribution in [0.15, 0.2) is 0 Å². The van der Waals surface area contributed by atoms with Crippen molar-refractivity contribution in [3.63, 3.8) is 0 Å². The summed E-state index contributed by atoms with van der Waals surface area (Å²) in [6, 6.07) is 0.405. The van der Waals surface area contributed by atoms with Crippen molar-refractivity contribution in [2.45, 2.75) is 64.2 Å². The van der Waals surface area contributed by atoms with Gasteiger partial charge in [0.05, 0.1) is 12.2 Å². The molecule has 1 N–H and O–H groups in total. The van der Waals surface area contributed by atoms with Crippen molar-refractivity contribution < 1.29 is 4.79 Å². The molecule has 1 amide bonds. The number of carbonyl (C=O) groups is 1. The van der Waals surface area contributed by atoms with E-state index in [-0.39, 0.29) is 6.04 Å². The predicted molar refractivity (Wildman–Crippen MR) is 77.7 cm³/mol. The first-order valence-corrected chi connectivity index (χ1v) is 8.65. The van der Waals surface area contributed by atoms with E-state index in [0.29, 0.717) is 24.0 Å². The fourth-order valence-corrected chi connectivity index (χ4v) is 4.18. The minimum absolute atomic E-state index is 0.00602. The number of nitrogens with zero attached hydrogens (tertiary/aromatic N) is 1. The average Bonchev–Trinajstić information content (AvgIpc) is 2.97. The van der Waals surface area contributed by atoms with Gasteiger partial charge in [0.15, 0.2) is 0 Å². The first-order valence-electron chi connectivity index (χ1n) is 7.26. The van der Waals surface area contributed by atoms with Gasteiger partial charge in [-0.25, -0.2) is 0 Å². The summed E-state index contributed by atoms with van der Waals surface area (Å²) in [5, 5.41) is 3.54. The molecule has 1 saturated carbocycles. The standard InChI is InChI=1S/C14H26N2OS/c1-4-12(9-18-3)16-13(11-7-5-6-8-11)15-10(2)14(16)17/h10-13,15H,4-9H2,1-3H3. The smallest absolute Gasteiger partial charge is 0.241 e. The minimum atomic E-state index is 0.00602. The Labute approximate surface area is 115 Å². The third kappa shape index (κ3) is 2.69. The monoisotopic (exact) mass is 270 g/mol. The van der Waals surface area contributed by atoms with Gasteiger partial charge in [-0.15, -0.1) is 0 Å². The minimum Gasteiger partial charge on any atom is -0.322 e. The fourth-order valence-electron chi connectivity index (χ4n) is 3.40. The maximum atomic E-state index is 12.4. The van der Waals surface area contributed by atoms with E-state index in [4.69, 9.17) is 0 Å². The van der Waals surface area contributed by atoms with Gasteiger partial charge in [0, 0.05) is 11.8 Å². The molecule has 1 aliphatic heterocycles. The third-order valence-electron chi connectivity index (χ3n) is 4.42. The number of thioether (sulfide) groups is 1. The Hall–Kier alpha value is -0.220. The molecule has 0 aromatic carbocycles. The molecule has 3 nitrogen and oxygen atoms in total. The van der Waals surface area contributed by atoms with Crippen LogP contribution in [0.3, 0.4) is 0 Å². The van der Waals surface area contributed by atoms with Gasteiger partial charge in [0.2, 0.25) is 5.91 Å². The van der Waals surface area contributed by atoms with E-state index in [1.54, 1.807) is 0 Å². The number of hydrogen-bond donors (Lipinski definition) is 1. The number of hydrogen-bond acceptors (Lipinski definition) is 3. The summed E-state index contributed by atoms with van der Waals surface area (Å²) in [6.07, 6.45) is 8.71. The molecule has 18 heavy (non-hydrogen) atoms. The third-order valence-corrected chi connectivity index (χ3v) is 5.13. The first kappa shape index (κ1) is 14.2. The molecular weight excluding hydrogens is 244 g/mol. The largest absolute Gasteiger partial charge is 0.322 e. The van der Waals surface area contributed by atoms with Crippen molar-refractivity contribution in [2.24, 2.45) is 5.92 Å². The van der Waals surface area contributed by atoms with Crippen LogP contribution in [0.4, 0.5) is 0 Å². The molecule has 3 atom stereocenters. The molecule has 3 unspecified atom stereocenters. The van der Waals surface area contributed by atoms with E-state index in [1.807, 2.05) is 18.7 Å². The molecule has 1 saturated heterocycles. The summed E-state index contributed by atoms with van der Waals surface area (Å²) in [4.78, 5) is 14.6. The predicted octanol–water partition coefficient (Wildman–Crippen LogP) is 2.46. The molecular formula is C14H26N2OS. The van der Waals surface area contributed by atoms with Gasteiger partial charge in [-0.1, -0.05) is 19.8 Å². The second kappa shape index (κ2) is 6.29. The van der Waals surface area contributed by atoms with Crippen LogP contribution in [-0.4, -0.2) is 41.1 Å². The lowest BCUT2D eigenvalue weighted by Gasteiger charge is -2.35. The van der Waals surface area contributed by atoms with Crippen LogP contribution < -0.4 is 5.32 Å². The highest BCUT2D eigenvalue weighted by molar-refractivity contribution is 7.98. The van der Waals surface area contributed by atoms with Gasteiger partial charge in [-0.05, 0) is 38.4 Å². The van der Waals surface area contributed by atoms with Crippen molar-refractivity contribution in [3.8, 4) is 0 Å². The van der Waals surface area contributed by atoms with Crippen LogP contribution in [-0.2, 0) is 4.79 Å². The van der Waals surface area contributed by atoms with E-state index >= 15 is 0 Å². The molecule has 0 bridgehead atoms. The summed E-state index contributed by atoms with van der Waals surface area (Å²) in [7, 11) is 0. The maximum Gasteiger partial charge on any atom is 0.241 e. The van der Waals surface area contributed by atoms with Crippen molar-refractivity contribution in [3.05, 3.63) is 0 Å². The number of carbonyl (C=O) groups excluding carboxylic acids is 1. The second-order valence-corrected chi connectivity index (χ2v) is 6.55. The van der Waals surface area contributed by atoms with Crippen LogP contribution in [0.5, 0.6) is 0 Å². The second-order valence-electron chi connectivity index (χ2n) is 5.64. The SMILES string of the molecule is CCC(CSC)N1C(=O)C(C)NC1C1CCCC1. The highest BCUT2D eigenvalue weighted by Crippen LogP contribution is 2.33. The molecule has 0 radical (unpaired) electrons. The van der Waals surface area contributed by atoms with Gasteiger partial charge in [0.1, 0.15) is 0 Å². The average molecular weight is 270 g/mol. The molecule has 2 fully saturated rings. The van der Waals surface area contributed by atoms with Crippen molar-refractivity contribution in [1.29, 1.82) is 0 Å². The number of amides is 1. The van der Waals surface area contributed by atoms with E-state index in [0.717, 1.165) is 12.2 Å². The lowest BCUT2D eigenvalue weighted by atomic mass is 10.0. The summed E-state index contributed by atoms with van der Waals surface area (Å²) in [5.41, 5.74) is 0. The zero-order chi connectivity index (χ0) is 13.1. The van der Waals surface area contributed by atoms with E-state index < -0.39 is 0 Å². The van der Waals surface area contributed by atoms with E-state index in [1.165, 1.54) is 25.7 Å². The first-order chi connectivity index (χ1) is 8.69. The molecule has 0 aromatic heterocycles. The number of rotatable bonds is 5. The van der Waals surface area contributed by atoms with E-state index in [9.17, 15) is 4.79 Å². The quantitative estimate of drug-likeness (QED) is 0.833. The van der Waals surface area contributed by atoms with Crippen LogP contribution in [0, 0.1) is 5.92 Å². The molecule has 0 aromatic rings. The Kier molecular flexibility index (Phi) is 4.96. The molecule has 2 rings (SSSR count). The van der Waals surface area contributed by atoms with Crippen LogP contribution in [0.25, 0.3) is 0 Å². The topological polar surface area (TPSA) is 32.3 Å². The van der Waals surface area contributed by atoms with Crippen molar-refractivity contribution in [2.75, 3.05) is 12.0 Å². The highest BCUT2D eigenvalue weighted by atomic mass is 32.2. The summed E-state index contributed by atoms with van der Waals surface area (Å²) in [6.45, 7) is 4.21. The van der Waals surface area contributed by atoms with Gasteiger partial charge < -0.3 is 4.90 Å². The highest BCUT2D eigenvalue weighted by Gasteiger charge is 2.43. The Morgan fingerprint density at radius 3 is 2.67 bits per heavy atom.